The third-order valence-corrected chi connectivity index (χ3v) is 6.83. The molecule has 5 rings (SSSR count). The minimum absolute atomic E-state index is 0.0281. The molecule has 2 aromatic heterocycles. The molecule has 8 nitrogen and oxygen atoms in total. The van der Waals surface area contributed by atoms with Gasteiger partial charge in [-0.3, -0.25) is 4.79 Å². The van der Waals surface area contributed by atoms with E-state index in [9.17, 15) is 4.79 Å². The summed E-state index contributed by atoms with van der Waals surface area (Å²) >= 11 is 0. The van der Waals surface area contributed by atoms with Crippen LogP contribution in [0.15, 0.2) is 60.9 Å². The molecule has 0 aliphatic carbocycles. The van der Waals surface area contributed by atoms with Crippen LogP contribution in [0.5, 0.6) is 0 Å². The molecule has 0 spiro atoms. The molecular weight excluding hydrogens is 452 g/mol. The molecule has 36 heavy (non-hydrogen) atoms. The monoisotopic (exact) mass is 484 g/mol. The fourth-order valence-corrected chi connectivity index (χ4v) is 4.50. The predicted molar refractivity (Wildman–Crippen MR) is 143 cm³/mol. The van der Waals surface area contributed by atoms with Crippen molar-refractivity contribution in [2.24, 2.45) is 0 Å². The number of hydrogen-bond donors (Lipinski definition) is 1. The van der Waals surface area contributed by atoms with Gasteiger partial charge in [0.2, 0.25) is 0 Å². The minimum atomic E-state index is -0.0281. The van der Waals surface area contributed by atoms with Gasteiger partial charge in [-0.1, -0.05) is 24.3 Å². The number of fused-ring (bicyclic) bond motifs is 1. The van der Waals surface area contributed by atoms with Gasteiger partial charge in [-0.25, -0.2) is 9.97 Å². The molecule has 1 saturated heterocycles. The van der Waals surface area contributed by atoms with Gasteiger partial charge < -0.3 is 24.4 Å². The fourth-order valence-electron chi connectivity index (χ4n) is 4.50. The highest BCUT2D eigenvalue weighted by Crippen LogP contribution is 2.29. The zero-order valence-electron chi connectivity index (χ0n) is 21.1. The Hall–Kier alpha value is -3.75. The van der Waals surface area contributed by atoms with E-state index in [1.54, 1.807) is 19.1 Å². The van der Waals surface area contributed by atoms with Crippen LogP contribution in [0.4, 0.5) is 5.69 Å². The highest BCUT2D eigenvalue weighted by atomic mass is 16.5. The molecule has 186 valence electrons. The van der Waals surface area contributed by atoms with Crippen LogP contribution in [-0.4, -0.2) is 91.2 Å². The number of nitrogens with zero attached hydrogens (tertiary/aromatic N) is 5. The van der Waals surface area contributed by atoms with Crippen molar-refractivity contribution >= 4 is 22.8 Å². The summed E-state index contributed by atoms with van der Waals surface area (Å²) in [4.78, 5) is 31.9. The first-order valence-electron chi connectivity index (χ1n) is 12.3. The molecule has 1 N–H and O–H groups in total. The zero-order chi connectivity index (χ0) is 25.1. The van der Waals surface area contributed by atoms with E-state index in [2.05, 4.69) is 51.1 Å². The zero-order valence-corrected chi connectivity index (χ0v) is 21.1. The van der Waals surface area contributed by atoms with E-state index in [0.29, 0.717) is 18.7 Å². The van der Waals surface area contributed by atoms with Gasteiger partial charge in [-0.2, -0.15) is 0 Å². The first-order valence-corrected chi connectivity index (χ1v) is 12.3. The first kappa shape index (κ1) is 24.0. The van der Waals surface area contributed by atoms with Crippen LogP contribution in [0.25, 0.3) is 33.5 Å². The van der Waals surface area contributed by atoms with E-state index in [4.69, 9.17) is 9.72 Å². The number of aromatic amines is 1. The Kier molecular flexibility index (Phi) is 6.97. The second-order valence-corrected chi connectivity index (χ2v) is 9.29. The molecule has 1 fully saturated rings. The Labute approximate surface area is 211 Å². The van der Waals surface area contributed by atoms with Crippen LogP contribution >= 0.6 is 0 Å². The maximum Gasteiger partial charge on any atom is 0.253 e. The summed E-state index contributed by atoms with van der Waals surface area (Å²) in [5.74, 6) is -0.0281. The number of ether oxygens (including phenoxy) is 1. The average Bonchev–Trinajstić information content (AvgIpc) is 3.35. The number of rotatable bonds is 7. The topological polar surface area (TPSA) is 77.6 Å². The SMILES string of the molecule is COCCN(C)C(=O)c1ccc(-c2c[nH]c3ncc(-c4ccc(N5CCN(C)CC5)cc4)nc23)cc1. The van der Waals surface area contributed by atoms with Gasteiger partial charge in [0.25, 0.3) is 5.91 Å². The van der Waals surface area contributed by atoms with E-state index < -0.39 is 0 Å². The summed E-state index contributed by atoms with van der Waals surface area (Å²) in [6.45, 7) is 5.31. The number of nitrogens with one attached hydrogen (secondary N) is 1. The summed E-state index contributed by atoms with van der Waals surface area (Å²) in [7, 11) is 5.58. The van der Waals surface area contributed by atoms with E-state index in [1.807, 2.05) is 36.7 Å². The summed E-state index contributed by atoms with van der Waals surface area (Å²) in [5.41, 5.74) is 7.24. The number of aromatic nitrogens is 3. The maximum atomic E-state index is 12.6. The van der Waals surface area contributed by atoms with Gasteiger partial charge in [0, 0.05) is 75.5 Å². The highest BCUT2D eigenvalue weighted by molar-refractivity contribution is 5.96. The molecule has 0 atom stereocenters. The second kappa shape index (κ2) is 10.5. The number of H-pyrrole nitrogens is 1. The Morgan fingerprint density at radius 2 is 1.72 bits per heavy atom. The van der Waals surface area contributed by atoms with Crippen LogP contribution in [0, 0.1) is 0 Å². The number of hydrogen-bond acceptors (Lipinski definition) is 6. The quantitative estimate of drug-likeness (QED) is 0.430. The number of carbonyl (C=O) groups is 1. The number of carbonyl (C=O) groups excluding carboxylic acids is 1. The molecule has 0 bridgehead atoms. The smallest absolute Gasteiger partial charge is 0.253 e. The van der Waals surface area contributed by atoms with Crippen molar-refractivity contribution in [3.8, 4) is 22.4 Å². The third kappa shape index (κ3) is 4.96. The largest absolute Gasteiger partial charge is 0.383 e. The van der Waals surface area contributed by atoms with Gasteiger partial charge in [0.05, 0.1) is 18.5 Å². The lowest BCUT2D eigenvalue weighted by Gasteiger charge is -2.34. The van der Waals surface area contributed by atoms with E-state index in [0.717, 1.165) is 59.7 Å². The number of likely N-dealkylation sites (N-methyl/N-ethyl adjacent to an activating group) is 2. The molecule has 1 amide bonds. The molecular formula is C28H32N6O2. The van der Waals surface area contributed by atoms with Crippen molar-refractivity contribution in [3.05, 3.63) is 66.5 Å². The second-order valence-electron chi connectivity index (χ2n) is 9.29. The molecule has 1 aliphatic heterocycles. The normalized spacial score (nSPS) is 14.4. The molecule has 1 aliphatic rings. The lowest BCUT2D eigenvalue weighted by molar-refractivity contribution is 0.0744. The fraction of sp³-hybridized carbons (Fsp3) is 0.321. The molecule has 8 heteroatoms. The van der Waals surface area contributed by atoms with Crippen molar-refractivity contribution in [2.45, 2.75) is 0 Å². The standard InChI is InChI=1S/C28H32N6O2/c1-32-12-14-34(15-13-32)23-10-8-21(9-11-23)25-19-30-27-26(31-25)24(18-29-27)20-4-6-22(7-5-20)28(35)33(2)16-17-36-3/h4-11,18-19H,12-17H2,1-3H3,(H,29,30). The number of anilines is 1. The Balaban J connectivity index is 1.36. The lowest BCUT2D eigenvalue weighted by atomic mass is 10.0. The third-order valence-electron chi connectivity index (χ3n) is 6.83. The van der Waals surface area contributed by atoms with Gasteiger partial charge in [-0.05, 0) is 36.9 Å². The van der Waals surface area contributed by atoms with Gasteiger partial charge >= 0.3 is 0 Å². The van der Waals surface area contributed by atoms with E-state index in [-0.39, 0.29) is 5.91 Å². The molecule has 4 aromatic rings. The van der Waals surface area contributed by atoms with Gasteiger partial charge in [-0.15, -0.1) is 0 Å². The van der Waals surface area contributed by atoms with Crippen molar-refractivity contribution in [3.63, 3.8) is 0 Å². The molecule has 3 heterocycles. The molecule has 0 radical (unpaired) electrons. The van der Waals surface area contributed by atoms with Crippen molar-refractivity contribution in [1.29, 1.82) is 0 Å². The van der Waals surface area contributed by atoms with Crippen LogP contribution in [0.3, 0.4) is 0 Å². The van der Waals surface area contributed by atoms with Crippen LogP contribution < -0.4 is 4.90 Å². The Morgan fingerprint density at radius 3 is 2.42 bits per heavy atom. The number of benzene rings is 2. The summed E-state index contributed by atoms with van der Waals surface area (Å²) in [6.07, 6.45) is 3.73. The van der Waals surface area contributed by atoms with Crippen LogP contribution in [0.1, 0.15) is 10.4 Å². The summed E-state index contributed by atoms with van der Waals surface area (Å²) in [5, 5.41) is 0. The molecule has 0 saturated carbocycles. The molecule has 2 aromatic carbocycles. The Bertz CT molecular complexity index is 1320. The van der Waals surface area contributed by atoms with Gasteiger partial charge in [0.15, 0.2) is 5.65 Å². The van der Waals surface area contributed by atoms with Crippen molar-refractivity contribution in [1.82, 2.24) is 24.8 Å². The Morgan fingerprint density at radius 1 is 1.03 bits per heavy atom. The summed E-state index contributed by atoms with van der Waals surface area (Å²) < 4.78 is 5.07. The van der Waals surface area contributed by atoms with Crippen molar-refractivity contribution in [2.75, 3.05) is 65.4 Å². The highest BCUT2D eigenvalue weighted by Gasteiger charge is 2.16. The van der Waals surface area contributed by atoms with Crippen LogP contribution in [-0.2, 0) is 4.74 Å². The lowest BCUT2D eigenvalue weighted by Crippen LogP contribution is -2.44. The number of piperazine rings is 1. The van der Waals surface area contributed by atoms with Crippen molar-refractivity contribution < 1.29 is 9.53 Å². The van der Waals surface area contributed by atoms with Crippen LogP contribution in [0.2, 0.25) is 0 Å². The van der Waals surface area contributed by atoms with E-state index in [1.165, 1.54) is 5.69 Å². The number of methoxy groups -OCH3 is 1. The van der Waals surface area contributed by atoms with E-state index >= 15 is 0 Å². The maximum absolute atomic E-state index is 12.6. The predicted octanol–water partition coefficient (Wildman–Crippen LogP) is 3.76. The van der Waals surface area contributed by atoms with Gasteiger partial charge in [0.1, 0.15) is 5.52 Å². The molecule has 0 unspecified atom stereocenters. The summed E-state index contributed by atoms with van der Waals surface area (Å²) in [6, 6.07) is 16.2. The number of amides is 1. The first-order chi connectivity index (χ1) is 17.5. The minimum Gasteiger partial charge on any atom is -0.383 e. The average molecular weight is 485 g/mol.